The van der Waals surface area contributed by atoms with Crippen molar-refractivity contribution in [1.29, 1.82) is 0 Å². The summed E-state index contributed by atoms with van der Waals surface area (Å²) in [5, 5.41) is 13.6. The first-order chi connectivity index (χ1) is 13.5. The van der Waals surface area contributed by atoms with Crippen molar-refractivity contribution in [3.8, 4) is 11.6 Å². The Labute approximate surface area is 166 Å². The fourth-order valence-corrected chi connectivity index (χ4v) is 2.78. The third-order valence-corrected chi connectivity index (χ3v) is 4.04. The number of alkyl halides is 3. The average molecular weight is 415 g/mol. The molecule has 29 heavy (non-hydrogen) atoms. The highest BCUT2D eigenvalue weighted by Crippen LogP contribution is 2.42. The zero-order valence-corrected chi connectivity index (χ0v) is 16.9. The van der Waals surface area contributed by atoms with Crippen molar-refractivity contribution < 1.29 is 32.5 Å². The molecular formula is C19H24F3N3O4. The molecule has 0 aliphatic rings. The van der Waals surface area contributed by atoms with Gasteiger partial charge in [0.05, 0.1) is 24.9 Å². The third kappa shape index (κ3) is 4.69. The van der Waals surface area contributed by atoms with Crippen LogP contribution in [-0.4, -0.2) is 32.4 Å². The number of pyridine rings is 1. The lowest BCUT2D eigenvalue weighted by molar-refractivity contribution is -0.139. The molecule has 2 aromatic heterocycles. The standard InChI is InChI=1S/C19H24F3N3O4/c1-6-12-15(17(27)28-7-2)24-25(18(3,4)5)16(12)29-13-9-23-8-11(10-26)14(13)19(20,21)22/h8-9,26H,6-7,10H2,1-5H3. The number of halogens is 3. The van der Waals surface area contributed by atoms with E-state index >= 15 is 0 Å². The maximum Gasteiger partial charge on any atom is 0.420 e. The molecule has 0 bridgehead atoms. The molecule has 2 rings (SSSR count). The summed E-state index contributed by atoms with van der Waals surface area (Å²) >= 11 is 0. The van der Waals surface area contributed by atoms with Gasteiger partial charge in [0.2, 0.25) is 5.88 Å². The summed E-state index contributed by atoms with van der Waals surface area (Å²) in [5.74, 6) is -1.28. The first-order valence-electron chi connectivity index (χ1n) is 9.07. The largest absolute Gasteiger partial charge is 0.461 e. The van der Waals surface area contributed by atoms with E-state index in [1.165, 1.54) is 4.68 Å². The van der Waals surface area contributed by atoms with Crippen molar-refractivity contribution in [2.45, 2.75) is 59.4 Å². The normalized spacial score (nSPS) is 12.2. The molecule has 0 radical (unpaired) electrons. The van der Waals surface area contributed by atoms with Gasteiger partial charge < -0.3 is 14.6 Å². The molecule has 1 N–H and O–H groups in total. The van der Waals surface area contributed by atoms with E-state index in [1.54, 1.807) is 34.6 Å². The summed E-state index contributed by atoms with van der Waals surface area (Å²) in [7, 11) is 0. The number of esters is 1. The zero-order chi connectivity index (χ0) is 22.0. The highest BCUT2D eigenvalue weighted by Gasteiger charge is 2.39. The summed E-state index contributed by atoms with van der Waals surface area (Å²) < 4.78 is 52.9. The molecule has 0 fully saturated rings. The molecular weight excluding hydrogens is 391 g/mol. The van der Waals surface area contributed by atoms with Gasteiger partial charge in [0.15, 0.2) is 11.4 Å². The molecule has 0 unspecified atom stereocenters. The van der Waals surface area contributed by atoms with Crippen molar-refractivity contribution in [2.24, 2.45) is 0 Å². The van der Waals surface area contributed by atoms with E-state index in [9.17, 15) is 23.1 Å². The second-order valence-electron chi connectivity index (χ2n) is 7.22. The summed E-state index contributed by atoms with van der Waals surface area (Å²) in [6, 6.07) is 0. The molecule has 0 aliphatic carbocycles. The van der Waals surface area contributed by atoms with Crippen molar-refractivity contribution in [2.75, 3.05) is 6.61 Å². The fourth-order valence-electron chi connectivity index (χ4n) is 2.78. The molecule has 0 atom stereocenters. The predicted molar refractivity (Wildman–Crippen MR) is 97.8 cm³/mol. The van der Waals surface area contributed by atoms with Gasteiger partial charge in [-0.25, -0.2) is 9.48 Å². The Balaban J connectivity index is 2.72. The highest BCUT2D eigenvalue weighted by molar-refractivity contribution is 5.89. The third-order valence-electron chi connectivity index (χ3n) is 4.04. The second-order valence-corrected chi connectivity index (χ2v) is 7.22. The molecule has 2 aromatic rings. The van der Waals surface area contributed by atoms with Gasteiger partial charge in [0.25, 0.3) is 0 Å². The molecule has 0 aromatic carbocycles. The number of hydrogen-bond acceptors (Lipinski definition) is 6. The van der Waals surface area contributed by atoms with Gasteiger partial charge in [0.1, 0.15) is 5.56 Å². The molecule has 10 heteroatoms. The Morgan fingerprint density at radius 3 is 2.34 bits per heavy atom. The van der Waals surface area contributed by atoms with E-state index in [4.69, 9.17) is 9.47 Å². The molecule has 2 heterocycles. The summed E-state index contributed by atoms with van der Waals surface area (Å²) in [6.45, 7) is 7.96. The van der Waals surface area contributed by atoms with Gasteiger partial charge in [-0.3, -0.25) is 4.98 Å². The van der Waals surface area contributed by atoms with Gasteiger partial charge in [-0.2, -0.15) is 18.3 Å². The Bertz CT molecular complexity index is 886. The molecule has 0 aliphatic heterocycles. The number of carbonyl (C=O) groups excluding carboxylic acids is 1. The van der Waals surface area contributed by atoms with Crippen LogP contribution in [-0.2, 0) is 29.5 Å². The first kappa shape index (κ1) is 22.7. The van der Waals surface area contributed by atoms with Crippen molar-refractivity contribution >= 4 is 5.97 Å². The Morgan fingerprint density at radius 1 is 1.21 bits per heavy atom. The maximum atomic E-state index is 13.6. The maximum absolute atomic E-state index is 13.6. The zero-order valence-electron chi connectivity index (χ0n) is 16.9. The van der Waals surface area contributed by atoms with Crippen molar-refractivity contribution in [3.63, 3.8) is 0 Å². The van der Waals surface area contributed by atoms with E-state index in [0.29, 0.717) is 5.56 Å². The number of ether oxygens (including phenoxy) is 2. The summed E-state index contributed by atoms with van der Waals surface area (Å²) in [4.78, 5) is 16.1. The van der Waals surface area contributed by atoms with E-state index < -0.39 is 41.2 Å². The van der Waals surface area contributed by atoms with Crippen LogP contribution in [0.25, 0.3) is 0 Å². The molecule has 0 amide bonds. The average Bonchev–Trinajstić information content (AvgIpc) is 2.99. The van der Waals surface area contributed by atoms with Crippen LogP contribution in [0.4, 0.5) is 13.2 Å². The van der Waals surface area contributed by atoms with Crippen LogP contribution < -0.4 is 4.74 Å². The Hall–Kier alpha value is -2.62. The first-order valence-corrected chi connectivity index (χ1v) is 9.07. The minimum absolute atomic E-state index is 0.00885. The van der Waals surface area contributed by atoms with E-state index in [1.807, 2.05) is 0 Å². The van der Waals surface area contributed by atoms with Crippen LogP contribution in [0.5, 0.6) is 11.6 Å². The summed E-state index contributed by atoms with van der Waals surface area (Å²) in [6.07, 6.45) is -2.65. The Kier molecular flexibility index (Phi) is 6.56. The second kappa shape index (κ2) is 8.40. The lowest BCUT2D eigenvalue weighted by Gasteiger charge is -2.23. The molecule has 0 saturated heterocycles. The topological polar surface area (TPSA) is 86.5 Å². The number of rotatable bonds is 6. The van der Waals surface area contributed by atoms with Gasteiger partial charge in [-0.1, -0.05) is 6.92 Å². The number of aliphatic hydroxyl groups is 1. The smallest absolute Gasteiger partial charge is 0.420 e. The quantitative estimate of drug-likeness (QED) is 0.716. The minimum Gasteiger partial charge on any atom is -0.461 e. The lowest BCUT2D eigenvalue weighted by Crippen LogP contribution is -2.24. The van der Waals surface area contributed by atoms with Gasteiger partial charge in [-0.15, -0.1) is 0 Å². The SMILES string of the molecule is CCOC(=O)c1nn(C(C)(C)C)c(Oc2cncc(CO)c2C(F)(F)F)c1CC. The highest BCUT2D eigenvalue weighted by atomic mass is 19.4. The van der Waals surface area contributed by atoms with Gasteiger partial charge in [-0.05, 0) is 34.1 Å². The van der Waals surface area contributed by atoms with E-state index in [0.717, 1.165) is 12.4 Å². The molecule has 7 nitrogen and oxygen atoms in total. The monoisotopic (exact) mass is 415 g/mol. The van der Waals surface area contributed by atoms with Crippen LogP contribution in [0.2, 0.25) is 0 Å². The van der Waals surface area contributed by atoms with Crippen LogP contribution >= 0.6 is 0 Å². The molecule has 0 spiro atoms. The number of carbonyl (C=O) groups is 1. The minimum atomic E-state index is -4.78. The van der Waals surface area contributed by atoms with Gasteiger partial charge >= 0.3 is 12.1 Å². The van der Waals surface area contributed by atoms with Crippen molar-refractivity contribution in [3.05, 3.63) is 34.8 Å². The van der Waals surface area contributed by atoms with Crippen LogP contribution in [0.3, 0.4) is 0 Å². The number of aromatic nitrogens is 3. The lowest BCUT2D eigenvalue weighted by atomic mass is 10.1. The number of aliphatic hydroxyl groups excluding tert-OH is 1. The van der Waals surface area contributed by atoms with E-state index in [2.05, 4.69) is 10.1 Å². The predicted octanol–water partition coefficient (Wildman–Crippen LogP) is 4.08. The number of hydrogen-bond donors (Lipinski definition) is 1. The van der Waals surface area contributed by atoms with Crippen LogP contribution in [0.15, 0.2) is 12.4 Å². The number of nitrogens with zero attached hydrogens (tertiary/aromatic N) is 3. The Morgan fingerprint density at radius 2 is 1.86 bits per heavy atom. The van der Waals surface area contributed by atoms with E-state index in [-0.39, 0.29) is 24.6 Å². The van der Waals surface area contributed by atoms with Crippen molar-refractivity contribution in [1.82, 2.24) is 14.8 Å². The van der Waals surface area contributed by atoms with Crippen LogP contribution in [0, 0.1) is 0 Å². The van der Waals surface area contributed by atoms with Gasteiger partial charge in [0, 0.05) is 17.3 Å². The fraction of sp³-hybridized carbons (Fsp3) is 0.526. The molecule has 160 valence electrons. The molecule has 0 saturated carbocycles. The summed E-state index contributed by atoms with van der Waals surface area (Å²) in [5.41, 5.74) is -1.94. The van der Waals surface area contributed by atoms with Crippen LogP contribution in [0.1, 0.15) is 61.8 Å².